The molecule has 2 nitrogen and oxygen atoms in total. The van der Waals surface area contributed by atoms with Crippen molar-refractivity contribution in [1.29, 1.82) is 0 Å². The third-order valence-electron chi connectivity index (χ3n) is 2.57. The molecule has 2 aromatic rings. The van der Waals surface area contributed by atoms with Crippen LogP contribution in [-0.2, 0) is 10.8 Å². The van der Waals surface area contributed by atoms with E-state index < -0.39 is 10.8 Å². The highest BCUT2D eigenvalue weighted by Crippen LogP contribution is 2.20. The molecule has 0 saturated heterocycles. The van der Waals surface area contributed by atoms with Gasteiger partial charge in [-0.05, 0) is 29.3 Å². The van der Waals surface area contributed by atoms with Crippen LogP contribution >= 0.6 is 0 Å². The van der Waals surface area contributed by atoms with Gasteiger partial charge < -0.3 is 4.74 Å². The summed E-state index contributed by atoms with van der Waals surface area (Å²) in [6.07, 6.45) is 2.55. The van der Waals surface area contributed by atoms with E-state index in [9.17, 15) is 4.21 Å². The fraction of sp³-hybridized carbons (Fsp3) is 0.286. The van der Waals surface area contributed by atoms with Crippen LogP contribution in [0, 0.1) is 0 Å². The molecule has 0 aliphatic carbocycles. The third kappa shape index (κ3) is 3.56. The topological polar surface area (TPSA) is 26.3 Å². The van der Waals surface area contributed by atoms with Gasteiger partial charge in [0.1, 0.15) is 5.75 Å². The first kappa shape index (κ1) is 12.1. The summed E-state index contributed by atoms with van der Waals surface area (Å²) in [5.74, 6) is 1.58. The molecule has 0 radical (unpaired) electrons. The maximum atomic E-state index is 10.9. The molecule has 0 saturated carbocycles. The monoisotopic (exact) mass is 248 g/mol. The lowest BCUT2D eigenvalue weighted by molar-refractivity contribution is 0.319. The van der Waals surface area contributed by atoms with Gasteiger partial charge in [0, 0.05) is 22.8 Å². The van der Waals surface area contributed by atoms with E-state index >= 15 is 0 Å². The number of hydrogen-bond donors (Lipinski definition) is 0. The Labute approximate surface area is 104 Å². The van der Waals surface area contributed by atoms with Crippen LogP contribution in [0.15, 0.2) is 42.5 Å². The summed E-state index contributed by atoms with van der Waals surface area (Å²) in [4.78, 5) is 0. The van der Waals surface area contributed by atoms with Crippen molar-refractivity contribution < 1.29 is 8.95 Å². The van der Waals surface area contributed by atoms with Crippen molar-refractivity contribution in [3.63, 3.8) is 0 Å². The minimum Gasteiger partial charge on any atom is -0.494 e. The second-order valence-electron chi connectivity index (χ2n) is 3.99. The van der Waals surface area contributed by atoms with Crippen LogP contribution < -0.4 is 4.74 Å². The number of rotatable bonds is 5. The summed E-state index contributed by atoms with van der Waals surface area (Å²) in [6, 6.07) is 14.3. The largest absolute Gasteiger partial charge is 0.494 e. The number of ether oxygens (including phenoxy) is 1. The normalized spacial score (nSPS) is 12.5. The molecular weight excluding hydrogens is 232 g/mol. The van der Waals surface area contributed by atoms with Gasteiger partial charge in [-0.1, -0.05) is 30.3 Å². The lowest BCUT2D eigenvalue weighted by Gasteiger charge is -2.06. The smallest absolute Gasteiger partial charge is 0.119 e. The van der Waals surface area contributed by atoms with Crippen LogP contribution in [0.5, 0.6) is 5.75 Å². The van der Waals surface area contributed by atoms with Gasteiger partial charge in [-0.2, -0.15) is 0 Å². The highest BCUT2D eigenvalue weighted by molar-refractivity contribution is 7.84. The molecule has 0 heterocycles. The Balaban J connectivity index is 1.97. The molecular formula is C14H16O2S. The molecule has 0 aliphatic rings. The van der Waals surface area contributed by atoms with Crippen LogP contribution in [-0.4, -0.2) is 22.8 Å². The lowest BCUT2D eigenvalue weighted by atomic mass is 10.1. The first-order valence-electron chi connectivity index (χ1n) is 5.67. The van der Waals surface area contributed by atoms with E-state index in [1.54, 1.807) is 6.26 Å². The SMILES string of the molecule is CS(=O)CCCOc1ccc2ccccc2c1. The van der Waals surface area contributed by atoms with Crippen molar-refractivity contribution >= 4 is 21.6 Å². The summed E-state index contributed by atoms with van der Waals surface area (Å²) < 4.78 is 16.5. The molecule has 0 fully saturated rings. The zero-order chi connectivity index (χ0) is 12.1. The molecule has 1 unspecified atom stereocenters. The Morgan fingerprint density at radius 1 is 1.12 bits per heavy atom. The molecule has 2 rings (SSSR count). The fourth-order valence-electron chi connectivity index (χ4n) is 1.71. The highest BCUT2D eigenvalue weighted by atomic mass is 32.2. The molecule has 17 heavy (non-hydrogen) atoms. The van der Waals surface area contributed by atoms with Gasteiger partial charge in [0.05, 0.1) is 6.61 Å². The first-order chi connectivity index (χ1) is 8.25. The summed E-state index contributed by atoms with van der Waals surface area (Å²) in [7, 11) is -0.726. The van der Waals surface area contributed by atoms with E-state index in [4.69, 9.17) is 4.74 Å². The van der Waals surface area contributed by atoms with Crippen molar-refractivity contribution in [3.05, 3.63) is 42.5 Å². The Morgan fingerprint density at radius 2 is 1.88 bits per heavy atom. The molecule has 2 aromatic carbocycles. The van der Waals surface area contributed by atoms with Gasteiger partial charge in [-0.15, -0.1) is 0 Å². The average molecular weight is 248 g/mol. The predicted molar refractivity (Wildman–Crippen MR) is 73.0 cm³/mol. The molecule has 0 spiro atoms. The zero-order valence-electron chi connectivity index (χ0n) is 9.89. The highest BCUT2D eigenvalue weighted by Gasteiger charge is 1.97. The van der Waals surface area contributed by atoms with Crippen molar-refractivity contribution in [2.75, 3.05) is 18.6 Å². The zero-order valence-corrected chi connectivity index (χ0v) is 10.7. The Bertz CT molecular complexity index is 522. The third-order valence-corrected chi connectivity index (χ3v) is 3.43. The van der Waals surface area contributed by atoms with E-state index in [-0.39, 0.29) is 0 Å². The molecule has 0 amide bonds. The number of benzene rings is 2. The van der Waals surface area contributed by atoms with Crippen LogP contribution in [0.1, 0.15) is 6.42 Å². The fourth-order valence-corrected chi connectivity index (χ4v) is 2.23. The second-order valence-corrected chi connectivity index (χ2v) is 5.54. The van der Waals surface area contributed by atoms with Gasteiger partial charge in [-0.25, -0.2) is 0 Å². The molecule has 90 valence electrons. The van der Waals surface area contributed by atoms with E-state index in [1.807, 2.05) is 24.3 Å². The summed E-state index contributed by atoms with van der Waals surface area (Å²) in [5, 5.41) is 2.40. The number of hydrogen-bond acceptors (Lipinski definition) is 2. The van der Waals surface area contributed by atoms with Gasteiger partial charge in [-0.3, -0.25) is 4.21 Å². The van der Waals surface area contributed by atoms with Crippen molar-refractivity contribution in [3.8, 4) is 5.75 Å². The molecule has 0 bridgehead atoms. The van der Waals surface area contributed by atoms with Crippen LogP contribution in [0.4, 0.5) is 0 Å². The van der Waals surface area contributed by atoms with E-state index in [0.717, 1.165) is 12.2 Å². The predicted octanol–water partition coefficient (Wildman–Crippen LogP) is 2.99. The minimum absolute atomic E-state index is 0.623. The standard InChI is InChI=1S/C14H16O2S/c1-17(15)10-4-9-16-14-8-7-12-5-2-3-6-13(12)11-14/h2-3,5-8,11H,4,9-10H2,1H3. The van der Waals surface area contributed by atoms with Crippen molar-refractivity contribution in [2.24, 2.45) is 0 Å². The van der Waals surface area contributed by atoms with Gasteiger partial charge in [0.25, 0.3) is 0 Å². The lowest BCUT2D eigenvalue weighted by Crippen LogP contribution is -2.03. The minimum atomic E-state index is -0.726. The van der Waals surface area contributed by atoms with Crippen LogP contribution in [0.2, 0.25) is 0 Å². The summed E-state index contributed by atoms with van der Waals surface area (Å²) >= 11 is 0. The average Bonchev–Trinajstić information content (AvgIpc) is 2.34. The Kier molecular flexibility index (Phi) is 4.15. The Hall–Kier alpha value is -1.35. The summed E-state index contributed by atoms with van der Waals surface area (Å²) in [5.41, 5.74) is 0. The van der Waals surface area contributed by atoms with Crippen molar-refractivity contribution in [2.45, 2.75) is 6.42 Å². The molecule has 0 N–H and O–H groups in total. The number of fused-ring (bicyclic) bond motifs is 1. The van der Waals surface area contributed by atoms with Gasteiger partial charge in [0.15, 0.2) is 0 Å². The molecule has 0 aromatic heterocycles. The van der Waals surface area contributed by atoms with Crippen molar-refractivity contribution in [1.82, 2.24) is 0 Å². The van der Waals surface area contributed by atoms with E-state index in [0.29, 0.717) is 12.4 Å². The first-order valence-corrected chi connectivity index (χ1v) is 7.40. The quantitative estimate of drug-likeness (QED) is 0.760. The summed E-state index contributed by atoms with van der Waals surface area (Å²) in [6.45, 7) is 0.623. The van der Waals surface area contributed by atoms with E-state index in [2.05, 4.69) is 18.2 Å². The maximum Gasteiger partial charge on any atom is 0.119 e. The van der Waals surface area contributed by atoms with E-state index in [1.165, 1.54) is 10.8 Å². The maximum absolute atomic E-state index is 10.9. The second kappa shape index (κ2) is 5.82. The molecule has 1 atom stereocenters. The molecule has 0 aliphatic heterocycles. The van der Waals surface area contributed by atoms with Gasteiger partial charge >= 0.3 is 0 Å². The van der Waals surface area contributed by atoms with Crippen LogP contribution in [0.3, 0.4) is 0 Å². The molecule has 3 heteroatoms. The van der Waals surface area contributed by atoms with Crippen LogP contribution in [0.25, 0.3) is 10.8 Å². The van der Waals surface area contributed by atoms with Gasteiger partial charge in [0.2, 0.25) is 0 Å². The Morgan fingerprint density at radius 3 is 2.65 bits per heavy atom.